The summed E-state index contributed by atoms with van der Waals surface area (Å²) in [5.41, 5.74) is 8.34. The number of carbonyl (C=O) groups is 1. The maximum atomic E-state index is 11.9. The van der Waals surface area contributed by atoms with Crippen LogP contribution in [0.1, 0.15) is 44.2 Å². The maximum Gasteiger partial charge on any atom is 0.237 e. The average Bonchev–Trinajstić information content (AvgIpc) is 2.98. The first-order valence-electron chi connectivity index (χ1n) is 8.38. The van der Waals surface area contributed by atoms with Gasteiger partial charge in [-0.1, -0.05) is 38.1 Å². The molecule has 1 fully saturated rings. The Morgan fingerprint density at radius 2 is 1.67 bits per heavy atom. The second-order valence-electron chi connectivity index (χ2n) is 6.75. The summed E-state index contributed by atoms with van der Waals surface area (Å²) in [4.78, 5) is 14.4. The average molecular weight is 376 g/mol. The highest BCUT2D eigenvalue weighted by Gasteiger charge is 2.14. The lowest BCUT2D eigenvalue weighted by Gasteiger charge is -2.15. The third-order valence-corrected chi connectivity index (χ3v) is 4.16. The van der Waals surface area contributed by atoms with E-state index >= 15 is 0 Å². The summed E-state index contributed by atoms with van der Waals surface area (Å²) in [5.74, 6) is 0.375. The van der Waals surface area contributed by atoms with Crippen molar-refractivity contribution in [3.05, 3.63) is 35.4 Å². The number of nitrogens with zero attached hydrogens (tertiary/aromatic N) is 1. The van der Waals surface area contributed by atoms with Gasteiger partial charge in [0.15, 0.2) is 0 Å². The van der Waals surface area contributed by atoms with Crippen LogP contribution in [0.15, 0.2) is 24.3 Å². The summed E-state index contributed by atoms with van der Waals surface area (Å²) in [7, 11) is 0. The van der Waals surface area contributed by atoms with E-state index in [9.17, 15) is 4.79 Å². The van der Waals surface area contributed by atoms with Gasteiger partial charge in [-0.25, -0.2) is 0 Å². The second kappa shape index (κ2) is 11.7. The van der Waals surface area contributed by atoms with Crippen LogP contribution in [0.4, 0.5) is 0 Å². The van der Waals surface area contributed by atoms with Gasteiger partial charge in [0.2, 0.25) is 5.91 Å². The fourth-order valence-electron chi connectivity index (χ4n) is 2.90. The topological polar surface area (TPSA) is 58.4 Å². The van der Waals surface area contributed by atoms with Crippen LogP contribution in [0.3, 0.4) is 0 Å². The van der Waals surface area contributed by atoms with Gasteiger partial charge in [-0.2, -0.15) is 0 Å². The third kappa shape index (κ3) is 7.84. The Hall–Kier alpha value is -0.810. The molecule has 0 bridgehead atoms. The lowest BCUT2D eigenvalue weighted by molar-refractivity contribution is -0.122. The maximum absolute atomic E-state index is 11.9. The van der Waals surface area contributed by atoms with Crippen molar-refractivity contribution < 1.29 is 4.79 Å². The van der Waals surface area contributed by atoms with Crippen molar-refractivity contribution in [2.24, 2.45) is 11.7 Å². The number of benzene rings is 1. The Kier molecular flexibility index (Phi) is 11.3. The van der Waals surface area contributed by atoms with Gasteiger partial charge in [-0.3, -0.25) is 9.69 Å². The van der Waals surface area contributed by atoms with Gasteiger partial charge in [0.1, 0.15) is 0 Å². The fraction of sp³-hybridized carbons (Fsp3) is 0.611. The van der Waals surface area contributed by atoms with E-state index < -0.39 is 6.04 Å². The normalized spacial score (nSPS) is 15.5. The molecule has 1 atom stereocenters. The number of amides is 1. The molecule has 0 aliphatic carbocycles. The molecule has 0 unspecified atom stereocenters. The predicted molar refractivity (Wildman–Crippen MR) is 105 cm³/mol. The van der Waals surface area contributed by atoms with Gasteiger partial charge in [0.05, 0.1) is 6.04 Å². The number of likely N-dealkylation sites (tertiary alicyclic amines) is 1. The number of carbonyl (C=O) groups excluding carboxylic acids is 1. The number of nitrogens with two attached hydrogens (primary N) is 1. The molecule has 1 amide bonds. The van der Waals surface area contributed by atoms with E-state index in [0.717, 1.165) is 18.5 Å². The zero-order valence-corrected chi connectivity index (χ0v) is 16.3. The number of nitrogens with one attached hydrogen (secondary N) is 1. The molecule has 1 aromatic rings. The number of hydrogen-bond acceptors (Lipinski definition) is 3. The minimum Gasteiger partial charge on any atom is -0.351 e. The second-order valence-corrected chi connectivity index (χ2v) is 6.75. The van der Waals surface area contributed by atoms with Crippen LogP contribution >= 0.6 is 24.8 Å². The van der Waals surface area contributed by atoms with Gasteiger partial charge in [0.25, 0.3) is 0 Å². The third-order valence-electron chi connectivity index (χ3n) is 4.16. The number of hydrogen-bond donors (Lipinski definition) is 2. The van der Waals surface area contributed by atoms with Crippen molar-refractivity contribution >= 4 is 30.7 Å². The SMILES string of the molecule is CC(C)C[C@H](N)C(=O)NCc1ccc(CN2CCCC2)cc1.Cl.Cl. The first-order chi connectivity index (χ1) is 10.5. The summed E-state index contributed by atoms with van der Waals surface area (Å²) in [6.07, 6.45) is 3.36. The molecule has 1 saturated heterocycles. The highest BCUT2D eigenvalue weighted by molar-refractivity contribution is 5.85. The van der Waals surface area contributed by atoms with Gasteiger partial charge in [-0.05, 0) is 49.4 Å². The Balaban J connectivity index is 0.00000264. The van der Waals surface area contributed by atoms with Gasteiger partial charge >= 0.3 is 0 Å². The van der Waals surface area contributed by atoms with Crippen LogP contribution in [0.2, 0.25) is 0 Å². The molecule has 3 N–H and O–H groups in total. The number of rotatable bonds is 7. The first kappa shape index (κ1) is 23.2. The molecule has 1 aromatic carbocycles. The smallest absolute Gasteiger partial charge is 0.237 e. The van der Waals surface area contributed by atoms with E-state index in [2.05, 4.69) is 48.3 Å². The van der Waals surface area contributed by atoms with Crippen LogP contribution in [-0.4, -0.2) is 29.9 Å². The Bertz CT molecular complexity index is 474. The Morgan fingerprint density at radius 1 is 1.12 bits per heavy atom. The molecule has 1 aliphatic rings. The van der Waals surface area contributed by atoms with Crippen LogP contribution in [0.5, 0.6) is 0 Å². The lowest BCUT2D eigenvalue weighted by Crippen LogP contribution is -2.41. The zero-order chi connectivity index (χ0) is 15.9. The van der Waals surface area contributed by atoms with Crippen molar-refractivity contribution in [1.29, 1.82) is 0 Å². The standard InChI is InChI=1S/C18H29N3O.2ClH/c1-14(2)11-17(19)18(22)20-12-15-5-7-16(8-6-15)13-21-9-3-4-10-21;;/h5-8,14,17H,3-4,9-13,19H2,1-2H3,(H,20,22);2*1H/t17-;;/m0../s1. The molecule has 2 rings (SSSR count). The molecule has 0 saturated carbocycles. The Morgan fingerprint density at radius 3 is 2.21 bits per heavy atom. The van der Waals surface area contributed by atoms with E-state index in [1.165, 1.54) is 31.5 Å². The largest absolute Gasteiger partial charge is 0.351 e. The molecule has 1 aliphatic heterocycles. The summed E-state index contributed by atoms with van der Waals surface area (Å²) in [6, 6.07) is 8.11. The van der Waals surface area contributed by atoms with E-state index in [1.807, 2.05) is 0 Å². The molecule has 0 radical (unpaired) electrons. The van der Waals surface area contributed by atoms with Gasteiger partial charge < -0.3 is 11.1 Å². The molecule has 6 heteroatoms. The summed E-state index contributed by atoms with van der Waals surface area (Å²) >= 11 is 0. The van der Waals surface area contributed by atoms with Crippen molar-refractivity contribution in [3.63, 3.8) is 0 Å². The monoisotopic (exact) mass is 375 g/mol. The molecule has 138 valence electrons. The summed E-state index contributed by atoms with van der Waals surface area (Å²) in [5, 5.41) is 2.92. The molecular weight excluding hydrogens is 345 g/mol. The quantitative estimate of drug-likeness (QED) is 0.769. The van der Waals surface area contributed by atoms with Gasteiger partial charge in [0, 0.05) is 13.1 Å². The zero-order valence-electron chi connectivity index (χ0n) is 14.7. The fourth-order valence-corrected chi connectivity index (χ4v) is 2.90. The van der Waals surface area contributed by atoms with Crippen LogP contribution in [0.25, 0.3) is 0 Å². The molecule has 1 heterocycles. The minimum atomic E-state index is -0.408. The van der Waals surface area contributed by atoms with E-state index in [0.29, 0.717) is 12.5 Å². The molecule has 0 aromatic heterocycles. The lowest BCUT2D eigenvalue weighted by atomic mass is 10.0. The van der Waals surface area contributed by atoms with Crippen molar-refractivity contribution in [3.8, 4) is 0 Å². The highest BCUT2D eigenvalue weighted by atomic mass is 35.5. The number of halogens is 2. The predicted octanol–water partition coefficient (Wildman–Crippen LogP) is 3.12. The van der Waals surface area contributed by atoms with E-state index in [1.54, 1.807) is 0 Å². The van der Waals surface area contributed by atoms with Crippen molar-refractivity contribution in [1.82, 2.24) is 10.2 Å². The van der Waals surface area contributed by atoms with E-state index in [4.69, 9.17) is 5.73 Å². The molecular formula is C18H31Cl2N3O. The molecule has 24 heavy (non-hydrogen) atoms. The van der Waals surface area contributed by atoms with Crippen LogP contribution in [0, 0.1) is 5.92 Å². The molecule has 0 spiro atoms. The Labute approximate surface area is 158 Å². The van der Waals surface area contributed by atoms with Crippen molar-refractivity contribution in [2.45, 2.75) is 52.2 Å². The van der Waals surface area contributed by atoms with Crippen molar-refractivity contribution in [2.75, 3.05) is 13.1 Å². The van der Waals surface area contributed by atoms with Crippen LogP contribution in [-0.2, 0) is 17.9 Å². The van der Waals surface area contributed by atoms with E-state index in [-0.39, 0.29) is 30.7 Å². The van der Waals surface area contributed by atoms with Gasteiger partial charge in [-0.15, -0.1) is 24.8 Å². The summed E-state index contributed by atoms with van der Waals surface area (Å²) in [6.45, 7) is 8.16. The first-order valence-corrected chi connectivity index (χ1v) is 8.38. The highest BCUT2D eigenvalue weighted by Crippen LogP contribution is 2.13. The molecule has 4 nitrogen and oxygen atoms in total. The summed E-state index contributed by atoms with van der Waals surface area (Å²) < 4.78 is 0. The minimum absolute atomic E-state index is 0. The van der Waals surface area contributed by atoms with Crippen LogP contribution < -0.4 is 11.1 Å².